The van der Waals surface area contributed by atoms with Crippen LogP contribution >= 0.6 is 0 Å². The van der Waals surface area contributed by atoms with E-state index in [1.165, 1.54) is 141 Å². The molecule has 3 aliphatic rings. The second-order valence-corrected chi connectivity index (χ2v) is 11.2. The third-order valence-corrected chi connectivity index (χ3v) is 8.62. The molecule has 0 bridgehead atoms. The van der Waals surface area contributed by atoms with Crippen LogP contribution in [0, 0.1) is 11.8 Å². The Kier molecular flexibility index (Phi) is 11.8. The summed E-state index contributed by atoms with van der Waals surface area (Å²) in [5, 5.41) is 8.40. The molecule has 180 valence electrons. The van der Waals surface area contributed by atoms with Crippen molar-refractivity contribution in [2.45, 2.75) is 167 Å². The Labute approximate surface area is 195 Å². The summed E-state index contributed by atoms with van der Waals surface area (Å²) in [4.78, 5) is 0. The van der Waals surface area contributed by atoms with Crippen molar-refractivity contribution in [3.05, 3.63) is 0 Å². The molecule has 1 heterocycles. The molecule has 2 aliphatic carbocycles. The normalized spacial score (nSPS) is 29.0. The van der Waals surface area contributed by atoms with Crippen molar-refractivity contribution in [1.29, 1.82) is 0 Å². The fourth-order valence-electron chi connectivity index (χ4n) is 6.83. The summed E-state index contributed by atoms with van der Waals surface area (Å²) in [5.74, 6) is 1.63. The van der Waals surface area contributed by atoms with Gasteiger partial charge in [-0.3, -0.25) is 5.01 Å². The lowest BCUT2D eigenvalue weighted by Gasteiger charge is -2.45. The van der Waals surface area contributed by atoms with Crippen LogP contribution in [-0.4, -0.2) is 22.8 Å². The molecular formula is C29H54N2. The fourth-order valence-corrected chi connectivity index (χ4v) is 6.83. The summed E-state index contributed by atoms with van der Waals surface area (Å²) in [7, 11) is 0. The van der Waals surface area contributed by atoms with Gasteiger partial charge in [0, 0.05) is 11.8 Å². The third kappa shape index (κ3) is 8.08. The molecule has 3 rings (SSSR count). The van der Waals surface area contributed by atoms with Crippen molar-refractivity contribution in [2.75, 3.05) is 0 Å². The zero-order valence-electron chi connectivity index (χ0n) is 21.3. The topological polar surface area (TPSA) is 15.6 Å². The molecule has 0 aromatic carbocycles. The lowest BCUT2D eigenvalue weighted by molar-refractivity contribution is 0.0583. The molecule has 0 aromatic heterocycles. The quantitative estimate of drug-likeness (QED) is 0.410. The van der Waals surface area contributed by atoms with Crippen LogP contribution in [0.3, 0.4) is 0 Å². The first-order valence-corrected chi connectivity index (χ1v) is 14.7. The van der Waals surface area contributed by atoms with Gasteiger partial charge in [-0.05, 0) is 56.8 Å². The van der Waals surface area contributed by atoms with E-state index < -0.39 is 0 Å². The fraction of sp³-hybridized carbons (Fsp3) is 0.966. The maximum absolute atomic E-state index is 5.64. The maximum atomic E-state index is 5.64. The number of hydrogen-bond donors (Lipinski definition) is 0. The smallest absolute Gasteiger partial charge is 0.0505 e. The Balaban J connectivity index is 1.82. The van der Waals surface area contributed by atoms with Crippen LogP contribution in [0.5, 0.6) is 0 Å². The van der Waals surface area contributed by atoms with Gasteiger partial charge in [-0.2, -0.15) is 5.10 Å². The highest BCUT2D eigenvalue weighted by molar-refractivity contribution is 5.87. The molecule has 0 spiro atoms. The van der Waals surface area contributed by atoms with E-state index in [0.717, 1.165) is 11.8 Å². The van der Waals surface area contributed by atoms with Crippen molar-refractivity contribution in [2.24, 2.45) is 16.9 Å². The van der Waals surface area contributed by atoms with Crippen molar-refractivity contribution < 1.29 is 0 Å². The van der Waals surface area contributed by atoms with Crippen LogP contribution in [-0.2, 0) is 0 Å². The average Bonchev–Trinajstić information content (AvgIpc) is 2.93. The Hall–Kier alpha value is -0.530. The minimum Gasteiger partial charge on any atom is -0.291 e. The van der Waals surface area contributed by atoms with Gasteiger partial charge in [0.15, 0.2) is 0 Å². The monoisotopic (exact) mass is 430 g/mol. The van der Waals surface area contributed by atoms with Crippen LogP contribution in [0.25, 0.3) is 0 Å². The van der Waals surface area contributed by atoms with Gasteiger partial charge in [-0.15, -0.1) is 0 Å². The number of hydrogen-bond acceptors (Lipinski definition) is 2. The second-order valence-electron chi connectivity index (χ2n) is 11.2. The second kappa shape index (κ2) is 14.6. The molecule has 0 saturated heterocycles. The van der Waals surface area contributed by atoms with E-state index in [-0.39, 0.29) is 0 Å². The predicted octanol–water partition coefficient (Wildman–Crippen LogP) is 9.28. The average molecular weight is 431 g/mol. The molecule has 0 aromatic rings. The summed E-state index contributed by atoms with van der Waals surface area (Å²) >= 11 is 0. The Morgan fingerprint density at radius 3 is 1.65 bits per heavy atom. The standard InChI is InChI=1S/C29H54N2/c1-3-18-26-24-28(25-20-14-10-8-9-11-15-21-25)30-31(29(26)19-4-2)27-22-16-12-6-5-7-13-17-23-27/h25-27,29H,3-24H2,1-2H3. The first-order chi connectivity index (χ1) is 15.3. The van der Waals surface area contributed by atoms with E-state index in [9.17, 15) is 0 Å². The van der Waals surface area contributed by atoms with Crippen LogP contribution in [0.15, 0.2) is 5.10 Å². The molecule has 2 atom stereocenters. The van der Waals surface area contributed by atoms with E-state index >= 15 is 0 Å². The van der Waals surface area contributed by atoms with Gasteiger partial charge in [-0.1, -0.05) is 110 Å². The molecule has 31 heavy (non-hydrogen) atoms. The van der Waals surface area contributed by atoms with E-state index in [1.54, 1.807) is 5.71 Å². The van der Waals surface area contributed by atoms with Gasteiger partial charge < -0.3 is 0 Å². The number of hydrazone groups is 1. The van der Waals surface area contributed by atoms with Gasteiger partial charge >= 0.3 is 0 Å². The lowest BCUT2D eigenvalue weighted by Crippen LogP contribution is -2.49. The molecule has 0 amide bonds. The molecule has 2 heteroatoms. The highest BCUT2D eigenvalue weighted by atomic mass is 15.5. The van der Waals surface area contributed by atoms with Gasteiger partial charge in [0.25, 0.3) is 0 Å². The highest BCUT2D eigenvalue weighted by Gasteiger charge is 2.36. The van der Waals surface area contributed by atoms with Crippen molar-refractivity contribution in [3.8, 4) is 0 Å². The van der Waals surface area contributed by atoms with E-state index in [0.29, 0.717) is 12.1 Å². The van der Waals surface area contributed by atoms with E-state index in [1.807, 2.05) is 0 Å². The van der Waals surface area contributed by atoms with Gasteiger partial charge in [0.1, 0.15) is 0 Å². The van der Waals surface area contributed by atoms with Crippen LogP contribution < -0.4 is 0 Å². The molecule has 0 N–H and O–H groups in total. The molecule has 2 saturated carbocycles. The van der Waals surface area contributed by atoms with Gasteiger partial charge in [0.2, 0.25) is 0 Å². The van der Waals surface area contributed by atoms with Crippen molar-refractivity contribution >= 4 is 5.71 Å². The van der Waals surface area contributed by atoms with E-state index in [4.69, 9.17) is 5.10 Å². The Morgan fingerprint density at radius 1 is 0.645 bits per heavy atom. The highest BCUT2D eigenvalue weighted by Crippen LogP contribution is 2.37. The molecule has 2 nitrogen and oxygen atoms in total. The first-order valence-electron chi connectivity index (χ1n) is 14.7. The van der Waals surface area contributed by atoms with Gasteiger partial charge in [-0.25, -0.2) is 0 Å². The summed E-state index contributed by atoms with van der Waals surface area (Å²) in [6, 6.07) is 1.42. The largest absolute Gasteiger partial charge is 0.291 e. The minimum absolute atomic E-state index is 0.706. The zero-order valence-corrected chi connectivity index (χ0v) is 21.3. The van der Waals surface area contributed by atoms with Crippen molar-refractivity contribution in [1.82, 2.24) is 5.01 Å². The molecule has 2 fully saturated rings. The third-order valence-electron chi connectivity index (χ3n) is 8.62. The van der Waals surface area contributed by atoms with Crippen molar-refractivity contribution in [3.63, 3.8) is 0 Å². The van der Waals surface area contributed by atoms with Gasteiger partial charge in [0.05, 0.1) is 6.04 Å². The molecule has 2 unspecified atom stereocenters. The minimum atomic E-state index is 0.706. The molecular weight excluding hydrogens is 376 g/mol. The van der Waals surface area contributed by atoms with Crippen LogP contribution in [0.1, 0.15) is 155 Å². The number of nitrogens with zero attached hydrogens (tertiary/aromatic N) is 2. The molecule has 1 aliphatic heterocycles. The summed E-state index contributed by atoms with van der Waals surface area (Å²) in [5.41, 5.74) is 1.63. The molecule has 0 radical (unpaired) electrons. The Bertz CT molecular complexity index is 479. The lowest BCUT2D eigenvalue weighted by atomic mass is 9.79. The summed E-state index contributed by atoms with van der Waals surface area (Å²) in [6.45, 7) is 4.80. The summed E-state index contributed by atoms with van der Waals surface area (Å²) in [6.07, 6.45) is 31.1. The summed E-state index contributed by atoms with van der Waals surface area (Å²) < 4.78 is 0. The zero-order chi connectivity index (χ0) is 21.7. The SMILES string of the molecule is CCCC1CC(C2CCCCCCCC2)=NN(C2CCCCCCCCC2)C1CCC. The van der Waals surface area contributed by atoms with Crippen LogP contribution in [0.2, 0.25) is 0 Å². The number of rotatable bonds is 6. The predicted molar refractivity (Wildman–Crippen MR) is 137 cm³/mol. The Morgan fingerprint density at radius 2 is 1.13 bits per heavy atom. The first kappa shape index (κ1) is 25.1. The maximum Gasteiger partial charge on any atom is 0.0505 e. The van der Waals surface area contributed by atoms with Crippen LogP contribution in [0.4, 0.5) is 0 Å². The van der Waals surface area contributed by atoms with E-state index in [2.05, 4.69) is 18.9 Å².